The smallest absolute Gasteiger partial charge is 0.285 e. The Bertz CT molecular complexity index is 1130. The quantitative estimate of drug-likeness (QED) is 0.683. The summed E-state index contributed by atoms with van der Waals surface area (Å²) in [6.45, 7) is 4.14. The predicted molar refractivity (Wildman–Crippen MR) is 108 cm³/mol. The fourth-order valence-corrected chi connectivity index (χ4v) is 3.61. The summed E-state index contributed by atoms with van der Waals surface area (Å²) in [6.07, 6.45) is 3.01. The van der Waals surface area contributed by atoms with Crippen LogP contribution in [0.3, 0.4) is 0 Å². The molecule has 0 aliphatic carbocycles. The van der Waals surface area contributed by atoms with Gasteiger partial charge in [0.1, 0.15) is 5.76 Å². The summed E-state index contributed by atoms with van der Waals surface area (Å²) < 4.78 is 1.05. The first kappa shape index (κ1) is 19.1. The summed E-state index contributed by atoms with van der Waals surface area (Å²) in [7, 11) is 0. The number of rotatable bonds is 4. The Morgan fingerprint density at radius 1 is 1.24 bits per heavy atom. The Kier molecular flexibility index (Phi) is 5.26. The van der Waals surface area contributed by atoms with Crippen LogP contribution in [0.1, 0.15) is 35.8 Å². The van der Waals surface area contributed by atoms with Crippen LogP contribution < -0.4 is 16.1 Å². The van der Waals surface area contributed by atoms with Crippen LogP contribution in [-0.2, 0) is 6.54 Å². The van der Waals surface area contributed by atoms with E-state index in [1.165, 1.54) is 24.8 Å². The van der Waals surface area contributed by atoms with Crippen molar-refractivity contribution >= 4 is 17.3 Å². The van der Waals surface area contributed by atoms with E-state index < -0.39 is 5.56 Å². The molecule has 0 saturated carbocycles. The average molecular weight is 393 g/mol. The number of fused-ring (bicyclic) bond motifs is 1. The van der Waals surface area contributed by atoms with Gasteiger partial charge in [0.05, 0.1) is 5.22 Å². The lowest BCUT2D eigenvalue weighted by Crippen LogP contribution is -2.44. The standard InChI is InChI=1S/C21H23N5O3/c1-14(27)17-12-22-19-11-18(24-26(19)21(17)29)20(28)23-16-7-9-25(10-8-16)13-15-5-3-2-4-6-15/h2-6,11-12,16,27H,7-10,13H2,1H3,(H,23,28)/b17-14-. The van der Waals surface area contributed by atoms with E-state index in [4.69, 9.17) is 0 Å². The van der Waals surface area contributed by atoms with Crippen molar-refractivity contribution in [1.82, 2.24) is 24.8 Å². The normalized spacial score (nSPS) is 16.7. The highest BCUT2D eigenvalue weighted by Gasteiger charge is 2.22. The lowest BCUT2D eigenvalue weighted by molar-refractivity contribution is 0.0903. The number of aliphatic hydroxyl groups excluding tert-OH is 1. The lowest BCUT2D eigenvalue weighted by Gasteiger charge is -2.32. The maximum absolute atomic E-state index is 12.6. The average Bonchev–Trinajstić information content (AvgIpc) is 3.16. The number of hydrogen-bond donors (Lipinski definition) is 2. The van der Waals surface area contributed by atoms with Crippen molar-refractivity contribution in [3.05, 3.63) is 69.4 Å². The second-order valence-corrected chi connectivity index (χ2v) is 7.37. The Balaban J connectivity index is 1.39. The first-order valence-corrected chi connectivity index (χ1v) is 9.67. The number of carbonyl (C=O) groups excluding carboxylic acids is 1. The van der Waals surface area contributed by atoms with Gasteiger partial charge in [0.15, 0.2) is 11.3 Å². The molecule has 3 heterocycles. The minimum atomic E-state index is -0.497. The van der Waals surface area contributed by atoms with Crippen molar-refractivity contribution in [2.24, 2.45) is 0 Å². The molecular formula is C21H23N5O3. The van der Waals surface area contributed by atoms with Gasteiger partial charge in [-0.2, -0.15) is 9.61 Å². The fourth-order valence-electron chi connectivity index (χ4n) is 3.61. The van der Waals surface area contributed by atoms with Gasteiger partial charge in [-0.05, 0) is 25.3 Å². The molecule has 8 heteroatoms. The minimum absolute atomic E-state index is 0.0679. The summed E-state index contributed by atoms with van der Waals surface area (Å²) in [5.41, 5.74) is 1.22. The zero-order valence-electron chi connectivity index (χ0n) is 16.2. The minimum Gasteiger partial charge on any atom is -0.512 e. The zero-order chi connectivity index (χ0) is 20.4. The fraction of sp³-hybridized carbons (Fsp3) is 0.333. The SMILES string of the molecule is C/C(O)=c1\cnc2cc(C(=O)NC3CCN(Cc4ccccc4)CC3)nn2c1=O. The monoisotopic (exact) mass is 393 g/mol. The van der Waals surface area contributed by atoms with Gasteiger partial charge in [0, 0.05) is 37.9 Å². The van der Waals surface area contributed by atoms with Gasteiger partial charge < -0.3 is 10.4 Å². The molecular weight excluding hydrogens is 370 g/mol. The zero-order valence-corrected chi connectivity index (χ0v) is 16.2. The van der Waals surface area contributed by atoms with E-state index in [9.17, 15) is 14.7 Å². The lowest BCUT2D eigenvalue weighted by atomic mass is 10.0. The second kappa shape index (κ2) is 8.00. The number of aromatic nitrogens is 3. The third kappa shape index (κ3) is 4.12. The van der Waals surface area contributed by atoms with Gasteiger partial charge in [-0.3, -0.25) is 14.5 Å². The van der Waals surface area contributed by atoms with E-state index in [1.807, 2.05) is 18.2 Å². The molecule has 0 bridgehead atoms. The molecule has 0 spiro atoms. The van der Waals surface area contributed by atoms with Crippen LogP contribution in [0.2, 0.25) is 0 Å². The van der Waals surface area contributed by atoms with E-state index in [0.29, 0.717) is 0 Å². The molecule has 2 aromatic heterocycles. The highest BCUT2D eigenvalue weighted by molar-refractivity contribution is 5.93. The second-order valence-electron chi connectivity index (χ2n) is 7.37. The number of hydrogen-bond acceptors (Lipinski definition) is 6. The van der Waals surface area contributed by atoms with Crippen molar-refractivity contribution < 1.29 is 9.90 Å². The highest BCUT2D eigenvalue weighted by Crippen LogP contribution is 2.14. The number of benzene rings is 1. The van der Waals surface area contributed by atoms with Gasteiger partial charge in [0.2, 0.25) is 0 Å². The van der Waals surface area contributed by atoms with Crippen molar-refractivity contribution in [3.63, 3.8) is 0 Å². The van der Waals surface area contributed by atoms with E-state index in [1.54, 1.807) is 0 Å². The van der Waals surface area contributed by atoms with Crippen LogP contribution in [0, 0.1) is 0 Å². The molecule has 1 amide bonds. The van der Waals surface area contributed by atoms with Crippen molar-refractivity contribution in [1.29, 1.82) is 0 Å². The molecule has 1 aliphatic rings. The van der Waals surface area contributed by atoms with Gasteiger partial charge >= 0.3 is 0 Å². The summed E-state index contributed by atoms with van der Waals surface area (Å²) in [4.78, 5) is 31.4. The predicted octanol–water partition coefficient (Wildman–Crippen LogP) is 0.889. The number of aliphatic hydroxyl groups is 1. The van der Waals surface area contributed by atoms with Crippen LogP contribution in [0.25, 0.3) is 11.4 Å². The van der Waals surface area contributed by atoms with Gasteiger partial charge in [-0.25, -0.2) is 4.98 Å². The van der Waals surface area contributed by atoms with Crippen LogP contribution in [-0.4, -0.2) is 49.6 Å². The first-order chi connectivity index (χ1) is 14.0. The number of nitrogens with zero attached hydrogens (tertiary/aromatic N) is 4. The van der Waals surface area contributed by atoms with Crippen LogP contribution in [0.4, 0.5) is 0 Å². The molecule has 0 atom stereocenters. The molecule has 4 rings (SSSR count). The topological polar surface area (TPSA) is 99.8 Å². The largest absolute Gasteiger partial charge is 0.512 e. The molecule has 0 radical (unpaired) electrons. The van der Waals surface area contributed by atoms with Crippen molar-refractivity contribution in [2.45, 2.75) is 32.4 Å². The van der Waals surface area contributed by atoms with E-state index in [2.05, 4.69) is 32.4 Å². The molecule has 0 unspecified atom stereocenters. The summed E-state index contributed by atoms with van der Waals surface area (Å²) in [6, 6.07) is 11.9. The number of piperidine rings is 1. The van der Waals surface area contributed by atoms with E-state index in [0.717, 1.165) is 37.0 Å². The molecule has 1 fully saturated rings. The Labute approximate surface area is 167 Å². The first-order valence-electron chi connectivity index (χ1n) is 9.67. The number of carbonyl (C=O) groups is 1. The van der Waals surface area contributed by atoms with Crippen LogP contribution in [0.15, 0.2) is 47.4 Å². The maximum atomic E-state index is 12.6. The Morgan fingerprint density at radius 2 is 1.97 bits per heavy atom. The van der Waals surface area contributed by atoms with E-state index in [-0.39, 0.29) is 34.3 Å². The molecule has 29 heavy (non-hydrogen) atoms. The Morgan fingerprint density at radius 3 is 2.66 bits per heavy atom. The molecule has 1 saturated heterocycles. The molecule has 3 aromatic rings. The van der Waals surface area contributed by atoms with Gasteiger partial charge in [0.25, 0.3) is 11.5 Å². The van der Waals surface area contributed by atoms with Crippen molar-refractivity contribution in [3.8, 4) is 0 Å². The van der Waals surface area contributed by atoms with Crippen LogP contribution >= 0.6 is 0 Å². The number of amides is 1. The van der Waals surface area contributed by atoms with E-state index >= 15 is 0 Å². The highest BCUT2D eigenvalue weighted by atomic mass is 16.3. The summed E-state index contributed by atoms with van der Waals surface area (Å²) >= 11 is 0. The van der Waals surface area contributed by atoms with Crippen LogP contribution in [0.5, 0.6) is 0 Å². The molecule has 1 aliphatic heterocycles. The number of likely N-dealkylation sites (tertiary alicyclic amines) is 1. The van der Waals surface area contributed by atoms with Gasteiger partial charge in [-0.1, -0.05) is 30.3 Å². The molecule has 150 valence electrons. The molecule has 8 nitrogen and oxygen atoms in total. The van der Waals surface area contributed by atoms with Gasteiger partial charge in [-0.15, -0.1) is 0 Å². The number of nitrogens with one attached hydrogen (secondary N) is 1. The Hall–Kier alpha value is -3.26. The molecule has 1 aromatic carbocycles. The maximum Gasteiger partial charge on any atom is 0.285 e. The third-order valence-corrected chi connectivity index (χ3v) is 5.23. The third-order valence-electron chi connectivity index (χ3n) is 5.23. The summed E-state index contributed by atoms with van der Waals surface area (Å²) in [5, 5.41) is 16.7. The van der Waals surface area contributed by atoms with Crippen molar-refractivity contribution in [2.75, 3.05) is 13.1 Å². The summed E-state index contributed by atoms with van der Waals surface area (Å²) in [5.74, 6) is -0.448. The molecule has 2 N–H and O–H groups in total.